The van der Waals surface area contributed by atoms with Crippen molar-refractivity contribution in [3.63, 3.8) is 0 Å². The quantitative estimate of drug-likeness (QED) is 0.782. The van der Waals surface area contributed by atoms with E-state index in [9.17, 15) is 4.79 Å². The monoisotopic (exact) mass is 266 g/mol. The van der Waals surface area contributed by atoms with Gasteiger partial charge in [-0.2, -0.15) is 10.4 Å². The van der Waals surface area contributed by atoms with Crippen molar-refractivity contribution in [1.82, 2.24) is 14.2 Å². The molecule has 0 saturated carbocycles. The highest BCUT2D eigenvalue weighted by atomic mass is 16.4. The number of carbonyl (C=O) groups is 1. The number of hydrogen-bond donors (Lipinski definition) is 1. The summed E-state index contributed by atoms with van der Waals surface area (Å²) in [6.07, 6.45) is 4.84. The molecule has 0 aliphatic rings. The molecular weight excluding hydrogens is 256 g/mol. The fourth-order valence-electron chi connectivity index (χ4n) is 2.13. The van der Waals surface area contributed by atoms with Crippen molar-refractivity contribution in [2.24, 2.45) is 0 Å². The van der Waals surface area contributed by atoms with Crippen LogP contribution in [0.25, 0.3) is 5.65 Å². The first-order valence-electron chi connectivity index (χ1n) is 5.94. The van der Waals surface area contributed by atoms with Crippen LogP contribution in [0, 0.1) is 11.3 Å². The molecule has 20 heavy (non-hydrogen) atoms. The zero-order valence-electron chi connectivity index (χ0n) is 10.4. The number of aromatic carboxylic acids is 1. The maximum atomic E-state index is 11.2. The van der Waals surface area contributed by atoms with Gasteiger partial charge in [0.15, 0.2) is 5.65 Å². The first-order valence-corrected chi connectivity index (χ1v) is 5.94. The Morgan fingerprint density at radius 2 is 2.05 bits per heavy atom. The summed E-state index contributed by atoms with van der Waals surface area (Å²) in [5, 5.41) is 21.9. The van der Waals surface area contributed by atoms with Crippen LogP contribution in [-0.2, 0) is 6.54 Å². The maximum absolute atomic E-state index is 11.2. The van der Waals surface area contributed by atoms with Crippen molar-refractivity contribution < 1.29 is 9.90 Å². The van der Waals surface area contributed by atoms with Gasteiger partial charge in [0.05, 0.1) is 17.8 Å². The van der Waals surface area contributed by atoms with Crippen LogP contribution < -0.4 is 0 Å². The third-order valence-electron chi connectivity index (χ3n) is 3.10. The van der Waals surface area contributed by atoms with E-state index >= 15 is 0 Å². The molecule has 1 aromatic carbocycles. The number of aromatic nitrogens is 3. The van der Waals surface area contributed by atoms with Gasteiger partial charge in [0.25, 0.3) is 0 Å². The van der Waals surface area contributed by atoms with Gasteiger partial charge < -0.3 is 9.67 Å². The molecule has 0 amide bonds. The van der Waals surface area contributed by atoms with Gasteiger partial charge in [-0.1, -0.05) is 12.1 Å². The topological polar surface area (TPSA) is 83.3 Å². The Labute approximate surface area is 114 Å². The minimum absolute atomic E-state index is 0.170. The van der Waals surface area contributed by atoms with Crippen molar-refractivity contribution in [3.8, 4) is 6.07 Å². The second kappa shape index (κ2) is 4.55. The number of carboxylic acids is 1. The molecule has 6 heteroatoms. The number of hydrogen-bond acceptors (Lipinski definition) is 3. The highest BCUT2D eigenvalue weighted by Crippen LogP contribution is 2.14. The van der Waals surface area contributed by atoms with E-state index in [0.717, 1.165) is 5.56 Å². The van der Waals surface area contributed by atoms with Crippen LogP contribution >= 0.6 is 0 Å². The summed E-state index contributed by atoms with van der Waals surface area (Å²) in [6, 6.07) is 9.25. The molecule has 0 spiro atoms. The smallest absolute Gasteiger partial charge is 0.341 e. The lowest BCUT2D eigenvalue weighted by molar-refractivity contribution is 0.0698. The SMILES string of the molecule is N#Cc1ccc(Cn2ccn3ncc(C(=O)O)c23)cc1. The van der Waals surface area contributed by atoms with Gasteiger partial charge in [0, 0.05) is 18.9 Å². The number of benzene rings is 1. The third kappa shape index (κ3) is 1.91. The van der Waals surface area contributed by atoms with Crippen molar-refractivity contribution >= 4 is 11.6 Å². The van der Waals surface area contributed by atoms with Gasteiger partial charge in [-0.25, -0.2) is 9.31 Å². The number of imidazole rings is 1. The van der Waals surface area contributed by atoms with E-state index in [1.807, 2.05) is 16.7 Å². The van der Waals surface area contributed by atoms with Gasteiger partial charge >= 0.3 is 5.97 Å². The van der Waals surface area contributed by atoms with E-state index in [-0.39, 0.29) is 5.56 Å². The largest absolute Gasteiger partial charge is 0.477 e. The van der Waals surface area contributed by atoms with E-state index in [1.165, 1.54) is 10.7 Å². The van der Waals surface area contributed by atoms with Gasteiger partial charge in [-0.15, -0.1) is 0 Å². The van der Waals surface area contributed by atoms with Crippen LogP contribution in [0.5, 0.6) is 0 Å². The average Bonchev–Trinajstić information content (AvgIpc) is 3.02. The molecule has 0 aliphatic heterocycles. The van der Waals surface area contributed by atoms with E-state index in [2.05, 4.69) is 11.2 Å². The molecule has 0 aliphatic carbocycles. The van der Waals surface area contributed by atoms with Crippen molar-refractivity contribution in [1.29, 1.82) is 5.26 Å². The molecule has 3 aromatic rings. The van der Waals surface area contributed by atoms with E-state index in [4.69, 9.17) is 10.4 Å². The van der Waals surface area contributed by atoms with Gasteiger partial charge in [-0.05, 0) is 17.7 Å². The standard InChI is InChI=1S/C14H10N4O2/c15-7-10-1-3-11(4-2-10)9-17-5-6-18-13(17)12(8-16-18)14(19)20/h1-6,8H,9H2,(H,19,20). The minimum Gasteiger partial charge on any atom is -0.477 e. The lowest BCUT2D eigenvalue weighted by Crippen LogP contribution is -2.03. The van der Waals surface area contributed by atoms with Gasteiger partial charge in [-0.3, -0.25) is 0 Å². The van der Waals surface area contributed by atoms with Crippen molar-refractivity contribution in [2.75, 3.05) is 0 Å². The lowest BCUT2D eigenvalue weighted by atomic mass is 10.1. The fraction of sp³-hybridized carbons (Fsp3) is 0.0714. The number of rotatable bonds is 3. The van der Waals surface area contributed by atoms with Crippen LogP contribution in [0.3, 0.4) is 0 Å². The van der Waals surface area contributed by atoms with Crippen LogP contribution in [0.2, 0.25) is 0 Å². The van der Waals surface area contributed by atoms with Crippen molar-refractivity contribution in [3.05, 3.63) is 59.5 Å². The summed E-state index contributed by atoms with van der Waals surface area (Å²) in [6.45, 7) is 0.522. The summed E-state index contributed by atoms with van der Waals surface area (Å²) in [4.78, 5) is 11.2. The Kier molecular flexibility index (Phi) is 2.73. The molecule has 6 nitrogen and oxygen atoms in total. The van der Waals surface area contributed by atoms with Gasteiger partial charge in [0.2, 0.25) is 0 Å². The van der Waals surface area contributed by atoms with Crippen LogP contribution in [0.1, 0.15) is 21.5 Å². The molecule has 0 atom stereocenters. The predicted octanol–water partition coefficient (Wildman–Crippen LogP) is 1.75. The zero-order chi connectivity index (χ0) is 14.1. The maximum Gasteiger partial charge on any atom is 0.341 e. The lowest BCUT2D eigenvalue weighted by Gasteiger charge is -2.04. The zero-order valence-corrected chi connectivity index (χ0v) is 10.4. The normalized spacial score (nSPS) is 10.6. The van der Waals surface area contributed by atoms with E-state index in [0.29, 0.717) is 17.8 Å². The van der Waals surface area contributed by atoms with Crippen LogP contribution in [0.4, 0.5) is 0 Å². The van der Waals surface area contributed by atoms with Crippen molar-refractivity contribution in [2.45, 2.75) is 6.54 Å². The Morgan fingerprint density at radius 1 is 1.30 bits per heavy atom. The molecule has 0 saturated heterocycles. The number of nitrogens with zero attached hydrogens (tertiary/aromatic N) is 4. The Morgan fingerprint density at radius 3 is 2.70 bits per heavy atom. The third-order valence-corrected chi connectivity index (χ3v) is 3.10. The second-order valence-electron chi connectivity index (χ2n) is 4.37. The Balaban J connectivity index is 2.00. The highest BCUT2D eigenvalue weighted by Gasteiger charge is 2.15. The predicted molar refractivity (Wildman–Crippen MR) is 70.4 cm³/mol. The van der Waals surface area contributed by atoms with Crippen LogP contribution in [0.15, 0.2) is 42.9 Å². The summed E-state index contributed by atoms with van der Waals surface area (Å²) < 4.78 is 3.35. The summed E-state index contributed by atoms with van der Waals surface area (Å²) in [5.41, 5.74) is 2.30. The molecule has 1 N–H and O–H groups in total. The first kappa shape index (κ1) is 12.0. The summed E-state index contributed by atoms with van der Waals surface area (Å²) in [5.74, 6) is -1.00. The Hall–Kier alpha value is -3.07. The molecule has 0 fully saturated rings. The average molecular weight is 266 g/mol. The van der Waals surface area contributed by atoms with Gasteiger partial charge in [0.1, 0.15) is 5.56 Å². The summed E-state index contributed by atoms with van der Waals surface area (Å²) in [7, 11) is 0. The summed E-state index contributed by atoms with van der Waals surface area (Å²) >= 11 is 0. The van der Waals surface area contributed by atoms with E-state index < -0.39 is 5.97 Å². The highest BCUT2D eigenvalue weighted by molar-refractivity contribution is 5.94. The molecule has 2 heterocycles. The number of nitriles is 1. The first-order chi connectivity index (χ1) is 9.69. The molecule has 0 radical (unpaired) electrons. The molecule has 3 rings (SSSR count). The molecule has 0 bridgehead atoms. The second-order valence-corrected chi connectivity index (χ2v) is 4.37. The Bertz CT molecular complexity index is 821. The van der Waals surface area contributed by atoms with E-state index in [1.54, 1.807) is 24.5 Å². The number of carboxylic acid groups (broad SMARTS) is 1. The van der Waals surface area contributed by atoms with Crippen LogP contribution in [-0.4, -0.2) is 25.3 Å². The molecule has 2 aromatic heterocycles. The molecule has 0 unspecified atom stereocenters. The number of fused-ring (bicyclic) bond motifs is 1. The minimum atomic E-state index is -1.00. The molecule has 98 valence electrons. The fourth-order valence-corrected chi connectivity index (χ4v) is 2.13. The molecular formula is C14H10N4O2.